The van der Waals surface area contributed by atoms with Gasteiger partial charge in [0.1, 0.15) is 12.3 Å². The Morgan fingerprint density at radius 3 is 2.25 bits per heavy atom. The van der Waals surface area contributed by atoms with E-state index in [9.17, 15) is 13.2 Å². The number of carbonyl (C=O) groups excluding carboxylic acids is 1. The number of anilines is 1. The molecule has 7 heteroatoms. The van der Waals surface area contributed by atoms with Crippen LogP contribution in [0.1, 0.15) is 13.8 Å². The Balaban J connectivity index is 3.06. The SMILES string of the molecule is CCOC(=O)CN(c1ccc(OC)cc1)S(=O)(=O)CC. The average Bonchev–Trinajstić information content (AvgIpc) is 2.45. The molecule has 0 aliphatic rings. The summed E-state index contributed by atoms with van der Waals surface area (Å²) in [6.45, 7) is 3.07. The van der Waals surface area contributed by atoms with Crippen LogP contribution >= 0.6 is 0 Å². The van der Waals surface area contributed by atoms with E-state index in [0.29, 0.717) is 11.4 Å². The predicted molar refractivity (Wildman–Crippen MR) is 76.4 cm³/mol. The van der Waals surface area contributed by atoms with Gasteiger partial charge in [0.05, 0.1) is 25.2 Å². The zero-order valence-corrected chi connectivity index (χ0v) is 12.6. The predicted octanol–water partition coefficient (Wildman–Crippen LogP) is 1.41. The normalized spacial score (nSPS) is 10.9. The summed E-state index contributed by atoms with van der Waals surface area (Å²) in [5.74, 6) is -0.0719. The monoisotopic (exact) mass is 301 g/mol. The summed E-state index contributed by atoms with van der Waals surface area (Å²) in [5.41, 5.74) is 0.403. The maximum atomic E-state index is 12.1. The lowest BCUT2D eigenvalue weighted by Gasteiger charge is -2.22. The molecule has 1 rings (SSSR count). The number of hydrogen-bond acceptors (Lipinski definition) is 5. The molecule has 0 aromatic heterocycles. The van der Waals surface area contributed by atoms with Crippen molar-refractivity contribution in [3.8, 4) is 5.75 Å². The van der Waals surface area contributed by atoms with Gasteiger partial charge in [-0.1, -0.05) is 0 Å². The fourth-order valence-electron chi connectivity index (χ4n) is 1.58. The Labute approximate surface area is 119 Å². The summed E-state index contributed by atoms with van der Waals surface area (Å²) < 4.78 is 35.0. The molecule has 0 unspecified atom stereocenters. The van der Waals surface area contributed by atoms with Gasteiger partial charge in [0.15, 0.2) is 0 Å². The van der Waals surface area contributed by atoms with Crippen molar-refractivity contribution >= 4 is 21.7 Å². The molecule has 112 valence electrons. The van der Waals surface area contributed by atoms with E-state index in [1.807, 2.05) is 0 Å². The maximum Gasteiger partial charge on any atom is 0.326 e. The molecule has 0 heterocycles. The Kier molecular flexibility index (Phi) is 5.82. The van der Waals surface area contributed by atoms with E-state index in [1.165, 1.54) is 14.0 Å². The van der Waals surface area contributed by atoms with E-state index in [0.717, 1.165) is 4.31 Å². The van der Waals surface area contributed by atoms with Crippen molar-refractivity contribution in [2.45, 2.75) is 13.8 Å². The van der Waals surface area contributed by atoms with Crippen molar-refractivity contribution in [1.29, 1.82) is 0 Å². The molecule has 0 atom stereocenters. The molecule has 0 saturated carbocycles. The lowest BCUT2D eigenvalue weighted by Crippen LogP contribution is -2.37. The Bertz CT molecular complexity index is 538. The highest BCUT2D eigenvalue weighted by molar-refractivity contribution is 7.92. The smallest absolute Gasteiger partial charge is 0.326 e. The zero-order valence-electron chi connectivity index (χ0n) is 11.8. The number of nitrogens with zero attached hydrogens (tertiary/aromatic N) is 1. The number of hydrogen-bond donors (Lipinski definition) is 0. The first-order chi connectivity index (χ1) is 9.44. The fraction of sp³-hybridized carbons (Fsp3) is 0.462. The number of benzene rings is 1. The number of ether oxygens (including phenoxy) is 2. The first kappa shape index (κ1) is 16.3. The van der Waals surface area contributed by atoms with Gasteiger partial charge in [-0.15, -0.1) is 0 Å². The van der Waals surface area contributed by atoms with Gasteiger partial charge in [-0.25, -0.2) is 8.42 Å². The molecule has 0 amide bonds. The summed E-state index contributed by atoms with van der Waals surface area (Å²) in [6.07, 6.45) is 0. The van der Waals surface area contributed by atoms with Crippen molar-refractivity contribution in [2.75, 3.05) is 30.3 Å². The Hall–Kier alpha value is -1.76. The van der Waals surface area contributed by atoms with Crippen molar-refractivity contribution in [2.24, 2.45) is 0 Å². The van der Waals surface area contributed by atoms with E-state index in [-0.39, 0.29) is 18.9 Å². The van der Waals surface area contributed by atoms with Crippen LogP contribution < -0.4 is 9.04 Å². The summed E-state index contributed by atoms with van der Waals surface area (Å²) in [4.78, 5) is 11.6. The van der Waals surface area contributed by atoms with Crippen LogP contribution in [0.5, 0.6) is 5.75 Å². The quantitative estimate of drug-likeness (QED) is 0.712. The molecule has 0 aliphatic carbocycles. The molecule has 0 bridgehead atoms. The van der Waals surface area contributed by atoms with Gasteiger partial charge in [-0.05, 0) is 38.1 Å². The molecule has 0 spiro atoms. The average molecular weight is 301 g/mol. The zero-order chi connectivity index (χ0) is 15.2. The van der Waals surface area contributed by atoms with Gasteiger partial charge >= 0.3 is 5.97 Å². The summed E-state index contributed by atoms with van der Waals surface area (Å²) in [5, 5.41) is 0. The Morgan fingerprint density at radius 1 is 1.20 bits per heavy atom. The molecule has 6 nitrogen and oxygen atoms in total. The van der Waals surface area contributed by atoms with Crippen molar-refractivity contribution < 1.29 is 22.7 Å². The number of carbonyl (C=O) groups is 1. The first-order valence-corrected chi connectivity index (χ1v) is 7.85. The van der Waals surface area contributed by atoms with Gasteiger partial charge < -0.3 is 9.47 Å². The second-order valence-corrected chi connectivity index (χ2v) is 6.09. The first-order valence-electron chi connectivity index (χ1n) is 6.24. The van der Waals surface area contributed by atoms with E-state index >= 15 is 0 Å². The second-order valence-electron chi connectivity index (χ2n) is 3.91. The van der Waals surface area contributed by atoms with Gasteiger partial charge in [0, 0.05) is 0 Å². The molecule has 20 heavy (non-hydrogen) atoms. The fourth-order valence-corrected chi connectivity index (χ4v) is 2.64. The number of rotatable bonds is 7. The molecular weight excluding hydrogens is 282 g/mol. The third kappa shape index (κ3) is 4.12. The van der Waals surface area contributed by atoms with E-state index < -0.39 is 16.0 Å². The minimum Gasteiger partial charge on any atom is -0.497 e. The molecule has 1 aromatic carbocycles. The van der Waals surface area contributed by atoms with E-state index in [2.05, 4.69) is 0 Å². The van der Waals surface area contributed by atoms with Gasteiger partial charge in [-0.2, -0.15) is 0 Å². The minimum absolute atomic E-state index is 0.0988. The lowest BCUT2D eigenvalue weighted by molar-refractivity contribution is -0.141. The molecule has 0 saturated heterocycles. The number of methoxy groups -OCH3 is 1. The van der Waals surface area contributed by atoms with Crippen LogP contribution in [0, 0.1) is 0 Å². The lowest BCUT2D eigenvalue weighted by atomic mass is 10.3. The third-order valence-electron chi connectivity index (χ3n) is 2.64. The highest BCUT2D eigenvalue weighted by Gasteiger charge is 2.24. The van der Waals surface area contributed by atoms with Crippen molar-refractivity contribution in [3.63, 3.8) is 0 Å². The van der Waals surface area contributed by atoms with Crippen LogP contribution in [-0.2, 0) is 19.6 Å². The van der Waals surface area contributed by atoms with Crippen LogP contribution in [-0.4, -0.2) is 40.4 Å². The van der Waals surface area contributed by atoms with Crippen LogP contribution in [0.25, 0.3) is 0 Å². The van der Waals surface area contributed by atoms with Crippen LogP contribution in [0.15, 0.2) is 24.3 Å². The standard InChI is InChI=1S/C13H19NO5S/c1-4-19-13(15)10-14(20(16,17)5-2)11-6-8-12(18-3)9-7-11/h6-9H,4-5,10H2,1-3H3. The van der Waals surface area contributed by atoms with Crippen molar-refractivity contribution in [1.82, 2.24) is 0 Å². The highest BCUT2D eigenvalue weighted by atomic mass is 32.2. The molecule has 0 aliphatic heterocycles. The van der Waals surface area contributed by atoms with Crippen LogP contribution in [0.2, 0.25) is 0 Å². The van der Waals surface area contributed by atoms with Crippen LogP contribution in [0.3, 0.4) is 0 Å². The minimum atomic E-state index is -3.55. The topological polar surface area (TPSA) is 72.9 Å². The second kappa shape index (κ2) is 7.14. The van der Waals surface area contributed by atoms with Crippen molar-refractivity contribution in [3.05, 3.63) is 24.3 Å². The third-order valence-corrected chi connectivity index (χ3v) is 4.38. The molecule has 0 fully saturated rings. The summed E-state index contributed by atoms with van der Waals surface area (Å²) in [6, 6.07) is 6.45. The van der Waals surface area contributed by atoms with Crippen LogP contribution in [0.4, 0.5) is 5.69 Å². The largest absolute Gasteiger partial charge is 0.497 e. The maximum absolute atomic E-state index is 12.1. The van der Waals surface area contributed by atoms with Gasteiger partial charge in [-0.3, -0.25) is 9.10 Å². The summed E-state index contributed by atoms with van der Waals surface area (Å²) >= 11 is 0. The number of sulfonamides is 1. The number of esters is 1. The van der Waals surface area contributed by atoms with E-state index in [4.69, 9.17) is 9.47 Å². The molecule has 0 N–H and O–H groups in total. The van der Waals surface area contributed by atoms with Gasteiger partial charge in [0.25, 0.3) is 0 Å². The summed E-state index contributed by atoms with van der Waals surface area (Å²) in [7, 11) is -2.03. The molecule has 0 radical (unpaired) electrons. The molecule has 1 aromatic rings. The van der Waals surface area contributed by atoms with Gasteiger partial charge in [0.2, 0.25) is 10.0 Å². The van der Waals surface area contributed by atoms with E-state index in [1.54, 1.807) is 31.2 Å². The molecular formula is C13H19NO5S. The highest BCUT2D eigenvalue weighted by Crippen LogP contribution is 2.22. The Morgan fingerprint density at radius 2 is 1.80 bits per heavy atom.